The molecule has 0 unspecified atom stereocenters. The molecular weight excluding hydrogens is 340 g/mol. The number of nitrogens with zero attached hydrogens (tertiary/aromatic N) is 3. The first kappa shape index (κ1) is 18.3. The van der Waals surface area contributed by atoms with E-state index in [0.29, 0.717) is 52.2 Å². The molecule has 1 amide bonds. The average molecular weight is 366 g/mol. The lowest BCUT2D eigenvalue weighted by atomic mass is 10.3. The normalized spacial score (nSPS) is 20.6. The van der Waals surface area contributed by atoms with Crippen LogP contribution in [0.3, 0.4) is 0 Å². The SMILES string of the molecule is O=C(CCN1CCN(S(=O)(=O)N2CCCC2)CC1)Nc1ccccc1. The molecule has 0 aromatic heterocycles. The van der Waals surface area contributed by atoms with Crippen molar-refractivity contribution >= 4 is 21.8 Å². The van der Waals surface area contributed by atoms with Gasteiger partial charge in [-0.15, -0.1) is 0 Å². The summed E-state index contributed by atoms with van der Waals surface area (Å²) in [6.07, 6.45) is 2.32. The molecule has 2 aliphatic rings. The first-order valence-corrected chi connectivity index (χ1v) is 10.3. The fourth-order valence-corrected chi connectivity index (χ4v) is 4.94. The average Bonchev–Trinajstić information content (AvgIpc) is 3.17. The number of amides is 1. The molecule has 2 fully saturated rings. The summed E-state index contributed by atoms with van der Waals surface area (Å²) in [5.74, 6) is -0.0154. The lowest BCUT2D eigenvalue weighted by Crippen LogP contribution is -2.52. The minimum Gasteiger partial charge on any atom is -0.326 e. The van der Waals surface area contributed by atoms with Gasteiger partial charge in [0, 0.05) is 57.9 Å². The molecule has 3 rings (SSSR count). The molecule has 1 aromatic carbocycles. The zero-order chi connectivity index (χ0) is 17.7. The van der Waals surface area contributed by atoms with Crippen LogP contribution >= 0.6 is 0 Å². The third-order valence-corrected chi connectivity index (χ3v) is 6.80. The van der Waals surface area contributed by atoms with Crippen molar-refractivity contribution in [3.05, 3.63) is 30.3 Å². The number of carbonyl (C=O) groups is 1. The molecule has 8 heteroatoms. The Morgan fingerprint density at radius 1 is 0.920 bits per heavy atom. The van der Waals surface area contributed by atoms with E-state index >= 15 is 0 Å². The molecule has 0 spiro atoms. The van der Waals surface area contributed by atoms with Crippen LogP contribution in [0.2, 0.25) is 0 Å². The van der Waals surface area contributed by atoms with Crippen molar-refractivity contribution in [3.8, 4) is 0 Å². The number of nitrogens with one attached hydrogen (secondary N) is 1. The Kier molecular flexibility index (Phi) is 6.06. The molecule has 0 saturated carbocycles. The van der Waals surface area contributed by atoms with E-state index in [-0.39, 0.29) is 5.91 Å². The van der Waals surface area contributed by atoms with Crippen LogP contribution in [0.25, 0.3) is 0 Å². The molecule has 2 aliphatic heterocycles. The molecule has 1 N–H and O–H groups in total. The number of hydrogen-bond acceptors (Lipinski definition) is 4. The summed E-state index contributed by atoms with van der Waals surface area (Å²) in [6, 6.07) is 9.40. The Hall–Kier alpha value is -1.48. The predicted octanol–water partition coefficient (Wildman–Crippen LogP) is 0.973. The summed E-state index contributed by atoms with van der Waals surface area (Å²) in [4.78, 5) is 14.2. The highest BCUT2D eigenvalue weighted by molar-refractivity contribution is 7.86. The Morgan fingerprint density at radius 3 is 2.16 bits per heavy atom. The number of carbonyl (C=O) groups excluding carboxylic acids is 1. The van der Waals surface area contributed by atoms with E-state index in [2.05, 4.69) is 10.2 Å². The Bertz CT molecular complexity index is 666. The van der Waals surface area contributed by atoms with Gasteiger partial charge in [0.25, 0.3) is 10.2 Å². The second-order valence-corrected chi connectivity index (χ2v) is 8.45. The van der Waals surface area contributed by atoms with Crippen molar-refractivity contribution in [1.29, 1.82) is 0 Å². The second-order valence-electron chi connectivity index (χ2n) is 6.52. The summed E-state index contributed by atoms with van der Waals surface area (Å²) in [5.41, 5.74) is 0.800. The molecule has 2 heterocycles. The second kappa shape index (κ2) is 8.27. The van der Waals surface area contributed by atoms with Crippen LogP contribution in [-0.2, 0) is 15.0 Å². The Balaban J connectivity index is 1.41. The van der Waals surface area contributed by atoms with Crippen molar-refractivity contribution < 1.29 is 13.2 Å². The monoisotopic (exact) mass is 366 g/mol. The van der Waals surface area contributed by atoms with Gasteiger partial charge in [-0.1, -0.05) is 18.2 Å². The molecular formula is C17H26N4O3S. The van der Waals surface area contributed by atoms with Gasteiger partial charge in [0.2, 0.25) is 5.91 Å². The van der Waals surface area contributed by atoms with Crippen molar-refractivity contribution in [1.82, 2.24) is 13.5 Å². The number of rotatable bonds is 6. The predicted molar refractivity (Wildman–Crippen MR) is 97.4 cm³/mol. The van der Waals surface area contributed by atoms with Gasteiger partial charge < -0.3 is 10.2 Å². The van der Waals surface area contributed by atoms with Crippen LogP contribution in [0, 0.1) is 0 Å². The third-order valence-electron chi connectivity index (χ3n) is 4.76. The summed E-state index contributed by atoms with van der Waals surface area (Å²) in [7, 11) is -3.30. The molecule has 0 bridgehead atoms. The summed E-state index contributed by atoms with van der Waals surface area (Å²) in [5, 5.41) is 2.87. The van der Waals surface area contributed by atoms with E-state index in [1.165, 1.54) is 0 Å². The molecule has 138 valence electrons. The highest BCUT2D eigenvalue weighted by atomic mass is 32.2. The lowest BCUT2D eigenvalue weighted by Gasteiger charge is -2.35. The minimum absolute atomic E-state index is 0.0154. The van der Waals surface area contributed by atoms with Gasteiger partial charge in [0.05, 0.1) is 0 Å². The van der Waals surface area contributed by atoms with Crippen LogP contribution < -0.4 is 5.32 Å². The van der Waals surface area contributed by atoms with Crippen LogP contribution in [0.5, 0.6) is 0 Å². The van der Waals surface area contributed by atoms with E-state index < -0.39 is 10.2 Å². The Labute approximate surface area is 149 Å². The van der Waals surface area contributed by atoms with Crippen molar-refractivity contribution in [3.63, 3.8) is 0 Å². The fraction of sp³-hybridized carbons (Fsp3) is 0.588. The van der Waals surface area contributed by atoms with Crippen molar-refractivity contribution in [2.75, 3.05) is 51.1 Å². The molecule has 25 heavy (non-hydrogen) atoms. The summed E-state index contributed by atoms with van der Waals surface area (Å²) < 4.78 is 28.2. The van der Waals surface area contributed by atoms with Gasteiger partial charge in [-0.05, 0) is 25.0 Å². The Morgan fingerprint density at radius 2 is 1.52 bits per heavy atom. The van der Waals surface area contributed by atoms with Crippen molar-refractivity contribution in [2.45, 2.75) is 19.3 Å². The van der Waals surface area contributed by atoms with E-state index in [1.54, 1.807) is 8.61 Å². The zero-order valence-corrected chi connectivity index (χ0v) is 15.2. The number of hydrogen-bond donors (Lipinski definition) is 1. The van der Waals surface area contributed by atoms with E-state index in [9.17, 15) is 13.2 Å². The molecule has 1 aromatic rings. The number of benzene rings is 1. The highest BCUT2D eigenvalue weighted by Gasteiger charge is 2.33. The first-order valence-electron chi connectivity index (χ1n) is 8.88. The van der Waals surface area contributed by atoms with E-state index in [4.69, 9.17) is 0 Å². The van der Waals surface area contributed by atoms with Crippen molar-refractivity contribution in [2.24, 2.45) is 0 Å². The molecule has 0 aliphatic carbocycles. The highest BCUT2D eigenvalue weighted by Crippen LogP contribution is 2.18. The van der Waals surface area contributed by atoms with Gasteiger partial charge in [-0.2, -0.15) is 17.0 Å². The van der Waals surface area contributed by atoms with E-state index in [0.717, 1.165) is 18.5 Å². The number of anilines is 1. The fourth-order valence-electron chi connectivity index (χ4n) is 3.27. The summed E-state index contributed by atoms with van der Waals surface area (Å²) >= 11 is 0. The zero-order valence-electron chi connectivity index (χ0n) is 14.4. The van der Waals surface area contributed by atoms with Gasteiger partial charge in [0.1, 0.15) is 0 Å². The number of para-hydroxylation sites is 1. The van der Waals surface area contributed by atoms with Crippen LogP contribution in [0.1, 0.15) is 19.3 Å². The standard InChI is InChI=1S/C17H26N4O3S/c22-17(18-16-6-2-1-3-7-16)8-11-19-12-14-21(15-13-19)25(23,24)20-9-4-5-10-20/h1-3,6-7H,4-5,8-15H2,(H,18,22). The van der Waals surface area contributed by atoms with Gasteiger partial charge in [-0.3, -0.25) is 4.79 Å². The van der Waals surface area contributed by atoms with Gasteiger partial charge in [0.15, 0.2) is 0 Å². The smallest absolute Gasteiger partial charge is 0.282 e. The van der Waals surface area contributed by atoms with Crippen LogP contribution in [-0.4, -0.2) is 73.6 Å². The molecule has 7 nitrogen and oxygen atoms in total. The van der Waals surface area contributed by atoms with Gasteiger partial charge >= 0.3 is 0 Å². The first-order chi connectivity index (χ1) is 12.1. The molecule has 0 atom stereocenters. The summed E-state index contributed by atoms with van der Waals surface area (Å²) in [6.45, 7) is 4.27. The maximum absolute atomic E-state index is 12.5. The maximum atomic E-state index is 12.5. The quantitative estimate of drug-likeness (QED) is 0.814. The largest absolute Gasteiger partial charge is 0.326 e. The topological polar surface area (TPSA) is 73.0 Å². The van der Waals surface area contributed by atoms with Crippen LogP contribution in [0.15, 0.2) is 30.3 Å². The van der Waals surface area contributed by atoms with Crippen LogP contribution in [0.4, 0.5) is 5.69 Å². The minimum atomic E-state index is -3.30. The molecule has 2 saturated heterocycles. The van der Waals surface area contributed by atoms with E-state index in [1.807, 2.05) is 30.3 Å². The number of piperazine rings is 1. The molecule has 0 radical (unpaired) electrons. The lowest BCUT2D eigenvalue weighted by molar-refractivity contribution is -0.116. The third kappa shape index (κ3) is 4.78. The maximum Gasteiger partial charge on any atom is 0.282 e. The van der Waals surface area contributed by atoms with Gasteiger partial charge in [-0.25, -0.2) is 0 Å².